The van der Waals surface area contributed by atoms with Crippen molar-refractivity contribution < 1.29 is 4.79 Å². The van der Waals surface area contributed by atoms with Gasteiger partial charge in [-0.15, -0.1) is 11.8 Å². The molecule has 2 rings (SSSR count). The molecule has 2 nitrogen and oxygen atoms in total. The molecule has 0 aliphatic rings. The molecule has 1 amide bonds. The van der Waals surface area contributed by atoms with E-state index in [0.717, 1.165) is 23.3 Å². The Morgan fingerprint density at radius 1 is 1.08 bits per heavy atom. The van der Waals surface area contributed by atoms with Crippen LogP contribution in [0.1, 0.15) is 36.6 Å². The number of carbonyl (C=O) groups excluding carboxylic acids is 1. The summed E-state index contributed by atoms with van der Waals surface area (Å²) in [4.78, 5) is 12.1. The first-order chi connectivity index (χ1) is 11.5. The summed E-state index contributed by atoms with van der Waals surface area (Å²) in [6, 6.07) is 13.9. The zero-order chi connectivity index (χ0) is 17.5. The Morgan fingerprint density at radius 2 is 1.75 bits per heavy atom. The summed E-state index contributed by atoms with van der Waals surface area (Å²) in [6.07, 6.45) is 1.02. The Kier molecular flexibility index (Phi) is 7.47. The van der Waals surface area contributed by atoms with Crippen molar-refractivity contribution in [3.8, 4) is 0 Å². The zero-order valence-electron chi connectivity index (χ0n) is 13.8. The van der Waals surface area contributed by atoms with Gasteiger partial charge in [0.2, 0.25) is 5.91 Å². The lowest BCUT2D eigenvalue weighted by Crippen LogP contribution is -2.28. The second-order valence-corrected chi connectivity index (χ2v) is 7.43. The van der Waals surface area contributed by atoms with E-state index in [1.807, 2.05) is 19.1 Å². The van der Waals surface area contributed by atoms with Crippen molar-refractivity contribution in [2.45, 2.75) is 32.1 Å². The van der Waals surface area contributed by atoms with Gasteiger partial charge in [0.25, 0.3) is 0 Å². The molecular weight excluding hydrogens is 361 g/mol. The molecule has 128 valence electrons. The maximum absolute atomic E-state index is 12.1. The lowest BCUT2D eigenvalue weighted by atomic mass is 10.1. The maximum Gasteiger partial charge on any atom is 0.230 e. The van der Waals surface area contributed by atoms with Gasteiger partial charge in [0.1, 0.15) is 0 Å². The normalized spacial score (nSPS) is 12.0. The van der Waals surface area contributed by atoms with E-state index in [0.29, 0.717) is 15.8 Å². The van der Waals surface area contributed by atoms with Gasteiger partial charge in [-0.2, -0.15) is 0 Å². The highest BCUT2D eigenvalue weighted by Gasteiger charge is 2.10. The molecule has 1 atom stereocenters. The lowest BCUT2D eigenvalue weighted by Gasteiger charge is -2.14. The van der Waals surface area contributed by atoms with Crippen molar-refractivity contribution in [1.29, 1.82) is 0 Å². The number of carbonyl (C=O) groups is 1. The van der Waals surface area contributed by atoms with Crippen LogP contribution in [-0.2, 0) is 17.0 Å². The van der Waals surface area contributed by atoms with Crippen LogP contribution in [0.15, 0.2) is 42.5 Å². The molecule has 1 N–H and O–H groups in total. The van der Waals surface area contributed by atoms with Crippen molar-refractivity contribution in [2.24, 2.45) is 0 Å². The van der Waals surface area contributed by atoms with Gasteiger partial charge in [-0.1, -0.05) is 60.5 Å². The second-order valence-electron chi connectivity index (χ2n) is 5.63. The molecule has 0 aromatic heterocycles. The third-order valence-corrected chi connectivity index (χ3v) is 5.49. The van der Waals surface area contributed by atoms with Gasteiger partial charge in [0, 0.05) is 5.75 Å². The predicted octanol–water partition coefficient (Wildman–Crippen LogP) is 5.67. The molecule has 0 radical (unpaired) electrons. The van der Waals surface area contributed by atoms with Gasteiger partial charge >= 0.3 is 0 Å². The number of nitrogens with one attached hydrogen (secondary N) is 1. The van der Waals surface area contributed by atoms with Gasteiger partial charge in [-0.05, 0) is 42.2 Å². The van der Waals surface area contributed by atoms with E-state index in [1.54, 1.807) is 17.8 Å². The second kappa shape index (κ2) is 9.36. The van der Waals surface area contributed by atoms with Crippen molar-refractivity contribution in [2.75, 3.05) is 5.75 Å². The Bertz CT molecular complexity index is 688. The summed E-state index contributed by atoms with van der Waals surface area (Å²) < 4.78 is 0. The summed E-state index contributed by atoms with van der Waals surface area (Å²) in [5, 5.41) is 4.13. The minimum atomic E-state index is 0.00832. The number of hydrogen-bond donors (Lipinski definition) is 1. The molecule has 0 heterocycles. The summed E-state index contributed by atoms with van der Waals surface area (Å²) in [7, 11) is 0. The van der Waals surface area contributed by atoms with Gasteiger partial charge in [-0.3, -0.25) is 4.79 Å². The third-order valence-electron chi connectivity index (χ3n) is 3.75. The van der Waals surface area contributed by atoms with E-state index in [9.17, 15) is 4.79 Å². The minimum absolute atomic E-state index is 0.00832. The molecule has 0 aliphatic heterocycles. The zero-order valence-corrected chi connectivity index (χ0v) is 16.1. The Hall–Kier alpha value is -1.16. The first kappa shape index (κ1) is 19.2. The van der Waals surface area contributed by atoms with Crippen molar-refractivity contribution >= 4 is 40.9 Å². The summed E-state index contributed by atoms with van der Waals surface area (Å²) in [6.45, 7) is 4.13. The fourth-order valence-corrected chi connectivity index (χ4v) is 3.41. The van der Waals surface area contributed by atoms with Crippen LogP contribution in [0.4, 0.5) is 0 Å². The number of hydrogen-bond acceptors (Lipinski definition) is 2. The van der Waals surface area contributed by atoms with Crippen LogP contribution in [-0.4, -0.2) is 11.7 Å². The molecule has 0 saturated heterocycles. The summed E-state index contributed by atoms with van der Waals surface area (Å²) in [5.41, 5.74) is 3.48. The highest BCUT2D eigenvalue weighted by atomic mass is 35.5. The van der Waals surface area contributed by atoms with Gasteiger partial charge in [0.05, 0.1) is 21.8 Å². The first-order valence-electron chi connectivity index (χ1n) is 7.89. The Morgan fingerprint density at radius 3 is 2.38 bits per heavy atom. The summed E-state index contributed by atoms with van der Waals surface area (Å²) in [5.74, 6) is 1.17. The SMILES string of the molecule is CCc1ccc([C@H](C)NC(=O)CSCc2ccc(Cl)c(Cl)c2)cc1. The van der Waals surface area contributed by atoms with Gasteiger partial charge in [0.15, 0.2) is 0 Å². The molecule has 24 heavy (non-hydrogen) atoms. The van der Waals surface area contributed by atoms with E-state index in [1.165, 1.54) is 5.56 Å². The van der Waals surface area contributed by atoms with E-state index >= 15 is 0 Å². The predicted molar refractivity (Wildman–Crippen MR) is 105 cm³/mol. The molecule has 0 aliphatic carbocycles. The maximum atomic E-state index is 12.1. The standard InChI is InChI=1S/C19H21Cl2NOS/c1-3-14-4-7-16(8-5-14)13(2)22-19(23)12-24-11-15-6-9-17(20)18(21)10-15/h4-10,13H,3,11-12H2,1-2H3,(H,22,23)/t13-/m0/s1. The fraction of sp³-hybridized carbons (Fsp3) is 0.316. The largest absolute Gasteiger partial charge is 0.349 e. The van der Waals surface area contributed by atoms with Gasteiger partial charge in [-0.25, -0.2) is 0 Å². The van der Waals surface area contributed by atoms with Crippen LogP contribution in [0.3, 0.4) is 0 Å². The molecular formula is C19H21Cl2NOS. The number of benzene rings is 2. The molecule has 0 spiro atoms. The Labute approximate surface area is 157 Å². The average molecular weight is 382 g/mol. The number of amides is 1. The van der Waals surface area contributed by atoms with Crippen molar-refractivity contribution in [3.05, 3.63) is 69.2 Å². The van der Waals surface area contributed by atoms with E-state index < -0.39 is 0 Å². The number of thioether (sulfide) groups is 1. The van der Waals surface area contributed by atoms with Gasteiger partial charge < -0.3 is 5.32 Å². The van der Waals surface area contributed by atoms with Crippen LogP contribution in [0, 0.1) is 0 Å². The monoisotopic (exact) mass is 381 g/mol. The van der Waals surface area contributed by atoms with E-state index in [2.05, 4.69) is 36.5 Å². The van der Waals surface area contributed by atoms with E-state index in [-0.39, 0.29) is 11.9 Å². The van der Waals surface area contributed by atoms with Crippen molar-refractivity contribution in [3.63, 3.8) is 0 Å². The lowest BCUT2D eigenvalue weighted by molar-refractivity contribution is -0.119. The first-order valence-corrected chi connectivity index (χ1v) is 9.80. The molecule has 2 aromatic carbocycles. The molecule has 0 unspecified atom stereocenters. The van der Waals surface area contributed by atoms with Crippen LogP contribution >= 0.6 is 35.0 Å². The smallest absolute Gasteiger partial charge is 0.230 e. The van der Waals surface area contributed by atoms with Crippen LogP contribution in [0.5, 0.6) is 0 Å². The summed E-state index contributed by atoms with van der Waals surface area (Å²) >= 11 is 13.4. The average Bonchev–Trinajstić information content (AvgIpc) is 2.58. The highest BCUT2D eigenvalue weighted by Crippen LogP contribution is 2.24. The molecule has 0 bridgehead atoms. The van der Waals surface area contributed by atoms with Crippen LogP contribution in [0.25, 0.3) is 0 Å². The van der Waals surface area contributed by atoms with Crippen molar-refractivity contribution in [1.82, 2.24) is 5.32 Å². The minimum Gasteiger partial charge on any atom is -0.349 e. The topological polar surface area (TPSA) is 29.1 Å². The highest BCUT2D eigenvalue weighted by molar-refractivity contribution is 7.99. The molecule has 5 heteroatoms. The van der Waals surface area contributed by atoms with Crippen LogP contribution in [0.2, 0.25) is 10.0 Å². The third kappa shape index (κ3) is 5.73. The quantitative estimate of drug-likeness (QED) is 0.669. The molecule has 0 fully saturated rings. The number of rotatable bonds is 7. The number of aryl methyl sites for hydroxylation is 1. The van der Waals surface area contributed by atoms with Crippen LogP contribution < -0.4 is 5.32 Å². The number of halogens is 2. The molecule has 0 saturated carbocycles. The molecule has 2 aromatic rings. The fourth-order valence-electron chi connectivity index (χ4n) is 2.30. The van der Waals surface area contributed by atoms with E-state index in [4.69, 9.17) is 23.2 Å². The Balaban J connectivity index is 1.78.